The molecule has 6 nitrogen and oxygen atoms in total. The van der Waals surface area contributed by atoms with Gasteiger partial charge in [0.2, 0.25) is 0 Å². The van der Waals surface area contributed by atoms with Crippen molar-refractivity contribution >= 4 is 5.69 Å². The third-order valence-electron chi connectivity index (χ3n) is 1.69. The number of nitrogens with two attached hydrogens (primary N) is 1. The van der Waals surface area contributed by atoms with Gasteiger partial charge in [0.15, 0.2) is 5.75 Å². The summed E-state index contributed by atoms with van der Waals surface area (Å²) in [6.07, 6.45) is 0. The summed E-state index contributed by atoms with van der Waals surface area (Å²) in [4.78, 5) is 14.4. The lowest BCUT2D eigenvalue weighted by Gasteiger charge is -2.03. The van der Waals surface area contributed by atoms with E-state index in [1.165, 1.54) is 19.2 Å². The van der Waals surface area contributed by atoms with Gasteiger partial charge in [0, 0.05) is 6.07 Å². The van der Waals surface area contributed by atoms with Crippen molar-refractivity contribution in [2.45, 2.75) is 6.61 Å². The van der Waals surface area contributed by atoms with Crippen LogP contribution < -0.4 is 10.6 Å². The Labute approximate surface area is 80.3 Å². The van der Waals surface area contributed by atoms with E-state index in [1.807, 2.05) is 0 Å². The van der Waals surface area contributed by atoms with E-state index in [0.29, 0.717) is 5.56 Å². The van der Waals surface area contributed by atoms with Crippen LogP contribution in [0.3, 0.4) is 0 Å². The number of nitro benzene ring substituents is 1. The molecule has 6 heteroatoms. The maximum Gasteiger partial charge on any atom is 0.311 e. The van der Waals surface area contributed by atoms with Gasteiger partial charge in [-0.05, 0) is 11.6 Å². The summed E-state index contributed by atoms with van der Waals surface area (Å²) in [5.74, 6) is 5.07. The largest absolute Gasteiger partial charge is 0.490 e. The van der Waals surface area contributed by atoms with Crippen molar-refractivity contribution in [1.29, 1.82) is 0 Å². The molecule has 0 amide bonds. The fourth-order valence-corrected chi connectivity index (χ4v) is 1.06. The predicted octanol–water partition coefficient (Wildman–Crippen LogP) is 0.994. The van der Waals surface area contributed by atoms with E-state index in [2.05, 4.69) is 4.84 Å². The Morgan fingerprint density at radius 3 is 2.79 bits per heavy atom. The minimum absolute atomic E-state index is 0.0953. The Kier molecular flexibility index (Phi) is 3.38. The van der Waals surface area contributed by atoms with E-state index in [9.17, 15) is 10.1 Å². The van der Waals surface area contributed by atoms with Crippen LogP contribution in [0.15, 0.2) is 18.2 Å². The molecule has 0 bridgehead atoms. The van der Waals surface area contributed by atoms with E-state index in [4.69, 9.17) is 10.6 Å². The maximum atomic E-state index is 10.6. The highest BCUT2D eigenvalue weighted by Gasteiger charge is 2.14. The molecule has 14 heavy (non-hydrogen) atoms. The summed E-state index contributed by atoms with van der Waals surface area (Å²) in [7, 11) is 1.38. The quantitative estimate of drug-likeness (QED) is 0.575. The second kappa shape index (κ2) is 4.54. The standard InChI is InChI=1S/C8H10N2O4/c1-13-8-3-2-6(5-14-9)4-7(8)10(11)12/h2-4H,5,9H2,1H3. The summed E-state index contributed by atoms with van der Waals surface area (Å²) in [5, 5.41) is 10.6. The van der Waals surface area contributed by atoms with Crippen LogP contribution in [0, 0.1) is 10.1 Å². The van der Waals surface area contributed by atoms with E-state index < -0.39 is 4.92 Å². The van der Waals surface area contributed by atoms with Crippen molar-refractivity contribution in [3.05, 3.63) is 33.9 Å². The Morgan fingerprint density at radius 1 is 1.57 bits per heavy atom. The average molecular weight is 198 g/mol. The third-order valence-corrected chi connectivity index (χ3v) is 1.69. The molecule has 0 aliphatic carbocycles. The highest BCUT2D eigenvalue weighted by molar-refractivity contribution is 5.48. The third kappa shape index (κ3) is 2.18. The minimum Gasteiger partial charge on any atom is -0.490 e. The SMILES string of the molecule is COc1ccc(CON)cc1[N+](=O)[O-]. The number of rotatable bonds is 4. The number of benzene rings is 1. The fraction of sp³-hybridized carbons (Fsp3) is 0.250. The zero-order valence-corrected chi connectivity index (χ0v) is 7.60. The highest BCUT2D eigenvalue weighted by atomic mass is 16.6. The first-order valence-corrected chi connectivity index (χ1v) is 3.82. The summed E-state index contributed by atoms with van der Waals surface area (Å²) < 4.78 is 4.83. The molecule has 2 N–H and O–H groups in total. The molecule has 0 heterocycles. The van der Waals surface area contributed by atoms with Crippen LogP contribution in [0.1, 0.15) is 5.56 Å². The van der Waals surface area contributed by atoms with Gasteiger partial charge < -0.3 is 4.74 Å². The van der Waals surface area contributed by atoms with Gasteiger partial charge in [-0.3, -0.25) is 15.0 Å². The summed E-state index contributed by atoms with van der Waals surface area (Å²) in [5.41, 5.74) is 0.530. The van der Waals surface area contributed by atoms with Gasteiger partial charge in [-0.2, -0.15) is 0 Å². The highest BCUT2D eigenvalue weighted by Crippen LogP contribution is 2.27. The number of nitrogens with zero attached hydrogens (tertiary/aromatic N) is 1. The van der Waals surface area contributed by atoms with Gasteiger partial charge in [0.05, 0.1) is 18.6 Å². The first kappa shape index (κ1) is 10.4. The summed E-state index contributed by atoms with van der Waals surface area (Å²) in [6.45, 7) is 0.130. The molecular weight excluding hydrogens is 188 g/mol. The lowest BCUT2D eigenvalue weighted by molar-refractivity contribution is -0.385. The Morgan fingerprint density at radius 2 is 2.29 bits per heavy atom. The van der Waals surface area contributed by atoms with Gasteiger partial charge >= 0.3 is 5.69 Å². The molecule has 0 aliphatic rings. The van der Waals surface area contributed by atoms with Crippen molar-refractivity contribution in [2.75, 3.05) is 7.11 Å². The van der Waals surface area contributed by atoms with Crippen molar-refractivity contribution in [3.63, 3.8) is 0 Å². The van der Waals surface area contributed by atoms with E-state index in [1.54, 1.807) is 6.07 Å². The lowest BCUT2D eigenvalue weighted by atomic mass is 10.2. The normalized spacial score (nSPS) is 9.86. The molecule has 0 aromatic heterocycles. The number of methoxy groups -OCH3 is 1. The van der Waals surface area contributed by atoms with Crippen molar-refractivity contribution in [3.8, 4) is 5.75 Å². The second-order valence-electron chi connectivity index (χ2n) is 2.57. The molecular formula is C8H10N2O4. The lowest BCUT2D eigenvalue weighted by Crippen LogP contribution is -2.00. The number of nitro groups is 1. The first-order valence-electron chi connectivity index (χ1n) is 3.82. The van der Waals surface area contributed by atoms with Gasteiger partial charge in [-0.15, -0.1) is 0 Å². The Bertz CT molecular complexity index is 340. The van der Waals surface area contributed by atoms with Crippen LogP contribution in [-0.2, 0) is 11.4 Å². The van der Waals surface area contributed by atoms with E-state index >= 15 is 0 Å². The van der Waals surface area contributed by atoms with Crippen LogP contribution in [0.4, 0.5) is 5.69 Å². The predicted molar refractivity (Wildman–Crippen MR) is 48.6 cm³/mol. The molecule has 0 spiro atoms. The molecule has 0 unspecified atom stereocenters. The Hall–Kier alpha value is -1.66. The van der Waals surface area contributed by atoms with Crippen LogP contribution in [0.5, 0.6) is 5.75 Å². The molecule has 0 aliphatic heterocycles. The van der Waals surface area contributed by atoms with Crippen molar-refractivity contribution in [2.24, 2.45) is 5.90 Å². The zero-order chi connectivity index (χ0) is 10.6. The van der Waals surface area contributed by atoms with Gasteiger partial charge in [-0.1, -0.05) is 6.07 Å². The number of hydrogen-bond acceptors (Lipinski definition) is 5. The molecule has 0 saturated carbocycles. The molecule has 0 saturated heterocycles. The van der Waals surface area contributed by atoms with Gasteiger partial charge in [0.1, 0.15) is 0 Å². The maximum absolute atomic E-state index is 10.6. The van der Waals surface area contributed by atoms with E-state index in [0.717, 1.165) is 0 Å². The van der Waals surface area contributed by atoms with Crippen LogP contribution in [0.2, 0.25) is 0 Å². The van der Waals surface area contributed by atoms with Crippen LogP contribution in [-0.4, -0.2) is 12.0 Å². The summed E-state index contributed by atoms with van der Waals surface area (Å²) >= 11 is 0. The molecule has 1 rings (SSSR count). The zero-order valence-electron chi connectivity index (χ0n) is 7.60. The first-order chi connectivity index (χ1) is 6.69. The minimum atomic E-state index is -0.515. The molecule has 1 aromatic carbocycles. The van der Waals surface area contributed by atoms with Crippen molar-refractivity contribution < 1.29 is 14.5 Å². The monoisotopic (exact) mass is 198 g/mol. The van der Waals surface area contributed by atoms with Gasteiger partial charge in [0.25, 0.3) is 0 Å². The second-order valence-corrected chi connectivity index (χ2v) is 2.57. The molecule has 0 atom stereocenters. The summed E-state index contributed by atoms with van der Waals surface area (Å²) in [6, 6.07) is 4.52. The average Bonchev–Trinajstić information content (AvgIpc) is 2.18. The van der Waals surface area contributed by atoms with E-state index in [-0.39, 0.29) is 18.0 Å². The molecule has 0 radical (unpaired) electrons. The Balaban J connectivity index is 3.07. The smallest absolute Gasteiger partial charge is 0.311 e. The number of hydrogen-bond donors (Lipinski definition) is 1. The molecule has 0 fully saturated rings. The molecule has 76 valence electrons. The van der Waals surface area contributed by atoms with Crippen LogP contribution in [0.25, 0.3) is 0 Å². The number of ether oxygens (including phenoxy) is 1. The molecule has 1 aromatic rings. The fourth-order valence-electron chi connectivity index (χ4n) is 1.06. The van der Waals surface area contributed by atoms with Gasteiger partial charge in [-0.25, -0.2) is 5.90 Å². The van der Waals surface area contributed by atoms with Crippen molar-refractivity contribution in [1.82, 2.24) is 0 Å². The van der Waals surface area contributed by atoms with Crippen LogP contribution >= 0.6 is 0 Å². The topological polar surface area (TPSA) is 87.6 Å².